The Bertz CT molecular complexity index is 49.7. The second-order valence-corrected chi connectivity index (χ2v) is 2.93. The maximum absolute atomic E-state index is 8.32. The summed E-state index contributed by atoms with van der Waals surface area (Å²) in [6.45, 7) is 2.22. The number of aliphatic hydroxyl groups excluding tert-OH is 1. The highest BCUT2D eigenvalue weighted by Gasteiger charge is 1.91. The Morgan fingerprint density at radius 1 is 1.75 bits per heavy atom. The first-order valence-corrected chi connectivity index (χ1v) is 3.87. The van der Waals surface area contributed by atoms with E-state index in [4.69, 9.17) is 10.8 Å². The molecule has 8 heavy (non-hydrogen) atoms. The lowest BCUT2D eigenvalue weighted by molar-refractivity contribution is 0.322. The predicted molar refractivity (Wildman–Crippen MR) is 38.1 cm³/mol. The Morgan fingerprint density at radius 2 is 2.38 bits per heavy atom. The largest absolute Gasteiger partial charge is 0.396 e. The number of hydrogen-bond donors (Lipinski definition) is 2. The lowest BCUT2D eigenvalue weighted by Gasteiger charge is -2.00. The maximum atomic E-state index is 8.32. The molecule has 50 valence electrons. The molecule has 0 saturated carbocycles. The summed E-state index contributed by atoms with van der Waals surface area (Å²) < 4.78 is 0. The first-order chi connectivity index (χ1) is 3.77. The van der Waals surface area contributed by atoms with Crippen LogP contribution in [-0.2, 0) is 0 Å². The van der Waals surface area contributed by atoms with Gasteiger partial charge in [-0.05, 0) is 6.92 Å². The number of thioether (sulfide) groups is 1. The van der Waals surface area contributed by atoms with E-state index in [2.05, 4.69) is 0 Å². The molecule has 0 fully saturated rings. The second kappa shape index (κ2) is 5.41. The summed E-state index contributed by atoms with van der Waals surface area (Å²) in [6.07, 6.45) is 0. The average molecular weight is 135 g/mol. The van der Waals surface area contributed by atoms with E-state index in [1.54, 1.807) is 11.8 Å². The predicted octanol–water partition coefficient (Wildman–Crippen LogP) is 0.0591. The number of aliphatic hydroxyl groups is 1. The maximum Gasteiger partial charge on any atom is 0.0521 e. The van der Waals surface area contributed by atoms with Crippen LogP contribution < -0.4 is 5.73 Å². The van der Waals surface area contributed by atoms with E-state index in [0.29, 0.717) is 0 Å². The van der Waals surface area contributed by atoms with E-state index in [-0.39, 0.29) is 12.6 Å². The first-order valence-electron chi connectivity index (χ1n) is 2.71. The van der Waals surface area contributed by atoms with Crippen molar-refractivity contribution in [3.05, 3.63) is 0 Å². The zero-order valence-corrected chi connectivity index (χ0v) is 5.95. The van der Waals surface area contributed by atoms with Crippen LogP contribution in [0.25, 0.3) is 0 Å². The summed E-state index contributed by atoms with van der Waals surface area (Å²) in [7, 11) is 0. The van der Waals surface area contributed by atoms with E-state index < -0.39 is 0 Å². The fourth-order valence-corrected chi connectivity index (χ4v) is 1.00. The number of hydrogen-bond acceptors (Lipinski definition) is 3. The third kappa shape index (κ3) is 6.27. The van der Waals surface area contributed by atoms with Gasteiger partial charge in [0.1, 0.15) is 0 Å². The number of nitrogens with two attached hydrogens (primary N) is 1. The molecular weight excluding hydrogens is 122 g/mol. The van der Waals surface area contributed by atoms with Crippen molar-refractivity contribution in [1.29, 1.82) is 0 Å². The second-order valence-electron chi connectivity index (χ2n) is 1.78. The van der Waals surface area contributed by atoms with Gasteiger partial charge in [0, 0.05) is 17.5 Å². The molecule has 0 aromatic heterocycles. The molecule has 2 nitrogen and oxygen atoms in total. The Kier molecular flexibility index (Phi) is 5.59. The molecule has 0 aliphatic heterocycles. The first kappa shape index (κ1) is 8.27. The van der Waals surface area contributed by atoms with Crippen LogP contribution in [0.15, 0.2) is 0 Å². The fraction of sp³-hybridized carbons (Fsp3) is 1.00. The van der Waals surface area contributed by atoms with Crippen molar-refractivity contribution in [2.45, 2.75) is 13.0 Å². The molecule has 0 aliphatic carbocycles. The molecule has 3 N–H and O–H groups in total. The molecule has 0 bridgehead atoms. The van der Waals surface area contributed by atoms with Gasteiger partial charge in [-0.25, -0.2) is 0 Å². The summed E-state index contributed by atoms with van der Waals surface area (Å²) >= 11 is 1.69. The van der Waals surface area contributed by atoms with E-state index in [1.165, 1.54) is 0 Å². The van der Waals surface area contributed by atoms with Gasteiger partial charge < -0.3 is 10.8 Å². The molecule has 1 atom stereocenters. The van der Waals surface area contributed by atoms with Crippen LogP contribution in [-0.4, -0.2) is 29.3 Å². The van der Waals surface area contributed by atoms with Crippen LogP contribution in [0.5, 0.6) is 0 Å². The molecule has 0 saturated heterocycles. The monoisotopic (exact) mass is 135 g/mol. The van der Waals surface area contributed by atoms with Crippen molar-refractivity contribution in [2.75, 3.05) is 18.1 Å². The zero-order valence-electron chi connectivity index (χ0n) is 5.13. The van der Waals surface area contributed by atoms with Crippen LogP contribution in [0.3, 0.4) is 0 Å². The molecule has 3 heteroatoms. The Labute approximate surface area is 54.5 Å². The van der Waals surface area contributed by atoms with Gasteiger partial charge in [0.05, 0.1) is 6.61 Å². The minimum Gasteiger partial charge on any atom is -0.396 e. The molecule has 0 radical (unpaired) electrons. The smallest absolute Gasteiger partial charge is 0.0521 e. The highest BCUT2D eigenvalue weighted by Crippen LogP contribution is 1.98. The summed E-state index contributed by atoms with van der Waals surface area (Å²) in [5, 5.41) is 8.32. The summed E-state index contributed by atoms with van der Waals surface area (Å²) in [5.74, 6) is 1.75. The highest BCUT2D eigenvalue weighted by atomic mass is 32.2. The zero-order chi connectivity index (χ0) is 6.41. The normalized spacial score (nSPS) is 13.9. The molecule has 0 aromatic rings. The van der Waals surface area contributed by atoms with Gasteiger partial charge in [-0.15, -0.1) is 0 Å². The van der Waals surface area contributed by atoms with E-state index in [1.807, 2.05) is 6.92 Å². The SMILES string of the molecule is C[C@@H](N)CSCCO. The van der Waals surface area contributed by atoms with Gasteiger partial charge >= 0.3 is 0 Å². The molecule has 0 unspecified atom stereocenters. The lowest BCUT2D eigenvalue weighted by Crippen LogP contribution is -2.17. The van der Waals surface area contributed by atoms with E-state index in [9.17, 15) is 0 Å². The van der Waals surface area contributed by atoms with Gasteiger partial charge in [-0.3, -0.25) is 0 Å². The van der Waals surface area contributed by atoms with Crippen molar-refractivity contribution in [1.82, 2.24) is 0 Å². The van der Waals surface area contributed by atoms with Gasteiger partial charge in [0.15, 0.2) is 0 Å². The minimum atomic E-state index is 0.256. The van der Waals surface area contributed by atoms with Gasteiger partial charge in [0.25, 0.3) is 0 Å². The molecule has 0 aliphatic rings. The fourth-order valence-electron chi connectivity index (χ4n) is 0.334. The van der Waals surface area contributed by atoms with E-state index >= 15 is 0 Å². The van der Waals surface area contributed by atoms with Crippen LogP contribution in [0.1, 0.15) is 6.92 Å². The van der Waals surface area contributed by atoms with Gasteiger partial charge in [-0.1, -0.05) is 0 Å². The van der Waals surface area contributed by atoms with Crippen LogP contribution in [0.4, 0.5) is 0 Å². The van der Waals surface area contributed by atoms with Gasteiger partial charge in [0.2, 0.25) is 0 Å². The minimum absolute atomic E-state index is 0.256. The summed E-state index contributed by atoms with van der Waals surface area (Å²) in [4.78, 5) is 0. The quantitative estimate of drug-likeness (QED) is 0.536. The molecule has 0 heterocycles. The molecule has 0 spiro atoms. The van der Waals surface area contributed by atoms with Gasteiger partial charge in [-0.2, -0.15) is 11.8 Å². The van der Waals surface area contributed by atoms with Crippen molar-refractivity contribution < 1.29 is 5.11 Å². The third-order valence-electron chi connectivity index (χ3n) is 0.616. The topological polar surface area (TPSA) is 46.2 Å². The van der Waals surface area contributed by atoms with Crippen molar-refractivity contribution in [3.8, 4) is 0 Å². The summed E-state index contributed by atoms with van der Waals surface area (Å²) in [6, 6.07) is 0.256. The van der Waals surface area contributed by atoms with E-state index in [0.717, 1.165) is 11.5 Å². The van der Waals surface area contributed by atoms with Crippen LogP contribution in [0.2, 0.25) is 0 Å². The average Bonchev–Trinajstić information content (AvgIpc) is 1.66. The third-order valence-corrected chi connectivity index (χ3v) is 1.85. The van der Waals surface area contributed by atoms with Crippen molar-refractivity contribution >= 4 is 11.8 Å². The lowest BCUT2D eigenvalue weighted by atomic mass is 10.4. The van der Waals surface area contributed by atoms with Crippen LogP contribution in [0, 0.1) is 0 Å². The molecular formula is C5H13NOS. The Balaban J connectivity index is 2.72. The standard InChI is InChI=1S/C5H13NOS/c1-5(6)4-8-3-2-7/h5,7H,2-4,6H2,1H3/t5-/m1/s1. The Hall–Kier alpha value is 0.270. The highest BCUT2D eigenvalue weighted by molar-refractivity contribution is 7.99. The molecule has 0 aromatic carbocycles. The molecule has 0 rings (SSSR count). The number of rotatable bonds is 4. The van der Waals surface area contributed by atoms with Crippen molar-refractivity contribution in [3.63, 3.8) is 0 Å². The summed E-state index contributed by atoms with van der Waals surface area (Å²) in [5.41, 5.74) is 5.43. The van der Waals surface area contributed by atoms with Crippen molar-refractivity contribution in [2.24, 2.45) is 5.73 Å². The van der Waals surface area contributed by atoms with Crippen LogP contribution >= 0.6 is 11.8 Å². The Morgan fingerprint density at radius 3 is 2.75 bits per heavy atom. The molecule has 0 amide bonds.